The Kier molecular flexibility index (Phi) is 6.40. The Hall–Kier alpha value is -2.80. The molecular formula is C27H32N4O2. The van der Waals surface area contributed by atoms with Crippen molar-refractivity contribution >= 4 is 22.2 Å². The van der Waals surface area contributed by atoms with Crippen molar-refractivity contribution in [2.24, 2.45) is 0 Å². The van der Waals surface area contributed by atoms with E-state index in [2.05, 4.69) is 54.0 Å². The average Bonchev–Trinajstić information content (AvgIpc) is 2.86. The molecule has 33 heavy (non-hydrogen) atoms. The van der Waals surface area contributed by atoms with Crippen LogP contribution in [0.15, 0.2) is 48.5 Å². The zero-order valence-corrected chi connectivity index (χ0v) is 19.5. The zero-order valence-electron chi connectivity index (χ0n) is 19.5. The van der Waals surface area contributed by atoms with Crippen molar-refractivity contribution in [3.05, 3.63) is 71.2 Å². The summed E-state index contributed by atoms with van der Waals surface area (Å²) < 4.78 is 5.51. The van der Waals surface area contributed by atoms with E-state index in [9.17, 15) is 5.11 Å². The Labute approximate surface area is 195 Å². The number of hydrogen-bond acceptors (Lipinski definition) is 6. The maximum absolute atomic E-state index is 10.9. The van der Waals surface area contributed by atoms with Crippen LogP contribution < -0.4 is 4.90 Å². The van der Waals surface area contributed by atoms with E-state index in [0.29, 0.717) is 6.54 Å². The van der Waals surface area contributed by atoms with E-state index >= 15 is 0 Å². The molecule has 0 amide bonds. The fourth-order valence-corrected chi connectivity index (χ4v) is 4.69. The standard InChI is InChI=1S/C27H32N4O2/c1-19-20(2)28-26(29-27(19)31-13-15-33-16-14-31)22-9-11-30(12-10-22)18-25(32)24-8-7-21-5-3-4-6-23(21)17-24/h3-9,17,25,32H,10-16,18H2,1-2H3/t25-/m1/s1. The number of morpholine rings is 1. The molecule has 3 aromatic rings. The predicted molar refractivity (Wildman–Crippen MR) is 132 cm³/mol. The molecule has 2 aliphatic rings. The SMILES string of the molecule is Cc1nc(C2=CCN(C[C@@H](O)c3ccc4ccccc4c3)CC2)nc(N2CCOCC2)c1C. The van der Waals surface area contributed by atoms with Crippen molar-refractivity contribution < 1.29 is 9.84 Å². The maximum atomic E-state index is 10.9. The quantitative estimate of drug-likeness (QED) is 0.644. The number of β-amino-alcohol motifs (C(OH)–C–C–N with tert-alkyl or cyclic N) is 1. The van der Waals surface area contributed by atoms with Crippen LogP contribution in [-0.4, -0.2) is 65.9 Å². The Morgan fingerprint density at radius 3 is 2.55 bits per heavy atom. The van der Waals surface area contributed by atoms with Gasteiger partial charge in [-0.3, -0.25) is 4.90 Å². The second-order valence-corrected chi connectivity index (χ2v) is 9.04. The molecule has 5 rings (SSSR count). The minimum Gasteiger partial charge on any atom is -0.387 e. The third-order valence-electron chi connectivity index (χ3n) is 6.84. The molecule has 2 aromatic carbocycles. The molecule has 0 spiro atoms. The highest BCUT2D eigenvalue weighted by molar-refractivity contribution is 5.83. The number of hydrogen-bond donors (Lipinski definition) is 1. The molecule has 6 nitrogen and oxygen atoms in total. The van der Waals surface area contributed by atoms with Gasteiger partial charge in [-0.05, 0) is 48.2 Å². The third-order valence-corrected chi connectivity index (χ3v) is 6.84. The van der Waals surface area contributed by atoms with E-state index in [-0.39, 0.29) is 0 Å². The van der Waals surface area contributed by atoms with Crippen LogP contribution in [0.5, 0.6) is 0 Å². The van der Waals surface area contributed by atoms with Gasteiger partial charge in [-0.25, -0.2) is 9.97 Å². The number of aryl methyl sites for hydroxylation is 1. The number of nitrogens with zero attached hydrogens (tertiary/aromatic N) is 4. The summed E-state index contributed by atoms with van der Waals surface area (Å²) >= 11 is 0. The van der Waals surface area contributed by atoms with Gasteiger partial charge in [-0.15, -0.1) is 0 Å². The summed E-state index contributed by atoms with van der Waals surface area (Å²) in [6, 6.07) is 14.5. The van der Waals surface area contributed by atoms with Gasteiger partial charge in [-0.1, -0.05) is 42.5 Å². The molecule has 1 atom stereocenters. The topological polar surface area (TPSA) is 61.7 Å². The number of aromatic nitrogens is 2. The Morgan fingerprint density at radius 1 is 1.00 bits per heavy atom. The van der Waals surface area contributed by atoms with Crippen LogP contribution in [-0.2, 0) is 4.74 Å². The summed E-state index contributed by atoms with van der Waals surface area (Å²) in [6.07, 6.45) is 2.61. The molecule has 2 aliphatic heterocycles. The van der Waals surface area contributed by atoms with Gasteiger partial charge >= 0.3 is 0 Å². The average molecular weight is 445 g/mol. The Morgan fingerprint density at radius 2 is 1.79 bits per heavy atom. The highest BCUT2D eigenvalue weighted by atomic mass is 16.5. The first-order chi connectivity index (χ1) is 16.1. The number of benzene rings is 2. The van der Waals surface area contributed by atoms with Gasteiger partial charge in [-0.2, -0.15) is 0 Å². The molecule has 0 saturated carbocycles. The summed E-state index contributed by atoms with van der Waals surface area (Å²) in [7, 11) is 0. The summed E-state index contributed by atoms with van der Waals surface area (Å²) in [5.74, 6) is 1.88. The number of aliphatic hydroxyl groups is 1. The van der Waals surface area contributed by atoms with Crippen molar-refractivity contribution in [1.82, 2.24) is 14.9 Å². The monoisotopic (exact) mass is 444 g/mol. The highest BCUT2D eigenvalue weighted by Crippen LogP contribution is 2.27. The van der Waals surface area contributed by atoms with E-state index in [1.807, 2.05) is 18.2 Å². The lowest BCUT2D eigenvalue weighted by molar-refractivity contribution is 0.119. The summed E-state index contributed by atoms with van der Waals surface area (Å²) in [5, 5.41) is 13.2. The number of rotatable bonds is 5. The van der Waals surface area contributed by atoms with Crippen molar-refractivity contribution in [2.75, 3.05) is 50.8 Å². The van der Waals surface area contributed by atoms with E-state index in [4.69, 9.17) is 14.7 Å². The van der Waals surface area contributed by atoms with Gasteiger partial charge in [0, 0.05) is 44.0 Å². The van der Waals surface area contributed by atoms with Crippen LogP contribution in [0.3, 0.4) is 0 Å². The van der Waals surface area contributed by atoms with Crippen molar-refractivity contribution in [1.29, 1.82) is 0 Å². The van der Waals surface area contributed by atoms with E-state index in [1.54, 1.807) is 0 Å². The van der Waals surface area contributed by atoms with E-state index < -0.39 is 6.10 Å². The molecule has 1 saturated heterocycles. The lowest BCUT2D eigenvalue weighted by atomic mass is 10.0. The fourth-order valence-electron chi connectivity index (χ4n) is 4.69. The molecular weight excluding hydrogens is 412 g/mol. The van der Waals surface area contributed by atoms with Gasteiger partial charge in [0.25, 0.3) is 0 Å². The van der Waals surface area contributed by atoms with Crippen LogP contribution in [0.1, 0.15) is 35.2 Å². The normalized spacial score (nSPS) is 18.4. The number of aliphatic hydroxyl groups excluding tert-OH is 1. The lowest BCUT2D eigenvalue weighted by Gasteiger charge is -2.31. The van der Waals surface area contributed by atoms with Crippen LogP contribution >= 0.6 is 0 Å². The summed E-state index contributed by atoms with van der Waals surface area (Å²) in [4.78, 5) is 14.4. The Balaban J connectivity index is 1.28. The van der Waals surface area contributed by atoms with Crippen LogP contribution in [0.2, 0.25) is 0 Å². The predicted octanol–water partition coefficient (Wildman–Crippen LogP) is 3.91. The number of anilines is 1. The second kappa shape index (κ2) is 9.59. The number of ether oxygens (including phenoxy) is 1. The third kappa shape index (κ3) is 4.78. The summed E-state index contributed by atoms with van der Waals surface area (Å²) in [6.45, 7) is 9.71. The summed E-state index contributed by atoms with van der Waals surface area (Å²) in [5.41, 5.74) is 4.36. The van der Waals surface area contributed by atoms with Gasteiger partial charge in [0.15, 0.2) is 5.82 Å². The molecule has 0 unspecified atom stereocenters. The van der Waals surface area contributed by atoms with Gasteiger partial charge in [0.05, 0.1) is 19.3 Å². The molecule has 6 heteroatoms. The molecule has 0 aliphatic carbocycles. The molecule has 1 aromatic heterocycles. The van der Waals surface area contributed by atoms with Gasteiger partial charge in [0.1, 0.15) is 5.82 Å². The van der Waals surface area contributed by atoms with Crippen molar-refractivity contribution in [2.45, 2.75) is 26.4 Å². The molecule has 172 valence electrons. The van der Waals surface area contributed by atoms with E-state index in [0.717, 1.165) is 79.7 Å². The molecule has 1 fully saturated rings. The minimum absolute atomic E-state index is 0.504. The smallest absolute Gasteiger partial charge is 0.157 e. The maximum Gasteiger partial charge on any atom is 0.157 e. The Bertz CT molecular complexity index is 1170. The number of fused-ring (bicyclic) bond motifs is 1. The van der Waals surface area contributed by atoms with Crippen molar-refractivity contribution in [3.63, 3.8) is 0 Å². The highest BCUT2D eigenvalue weighted by Gasteiger charge is 2.22. The zero-order chi connectivity index (χ0) is 22.8. The lowest BCUT2D eigenvalue weighted by Crippen LogP contribution is -2.37. The first-order valence-electron chi connectivity index (χ1n) is 11.8. The molecule has 0 bridgehead atoms. The first kappa shape index (κ1) is 22.0. The molecule has 3 heterocycles. The fraction of sp³-hybridized carbons (Fsp3) is 0.407. The second-order valence-electron chi connectivity index (χ2n) is 9.04. The van der Waals surface area contributed by atoms with Crippen molar-refractivity contribution in [3.8, 4) is 0 Å². The first-order valence-corrected chi connectivity index (χ1v) is 11.8. The van der Waals surface area contributed by atoms with Crippen LogP contribution in [0.4, 0.5) is 5.82 Å². The largest absolute Gasteiger partial charge is 0.387 e. The van der Waals surface area contributed by atoms with Crippen LogP contribution in [0.25, 0.3) is 16.3 Å². The molecule has 1 N–H and O–H groups in total. The molecule has 0 radical (unpaired) electrons. The minimum atomic E-state index is -0.504. The van der Waals surface area contributed by atoms with Crippen LogP contribution in [0, 0.1) is 13.8 Å². The van der Waals surface area contributed by atoms with E-state index in [1.165, 1.54) is 11.0 Å². The van der Waals surface area contributed by atoms with Gasteiger partial charge < -0.3 is 14.7 Å². The van der Waals surface area contributed by atoms with Gasteiger partial charge in [0.2, 0.25) is 0 Å².